The predicted molar refractivity (Wildman–Crippen MR) is 158 cm³/mol. The fourth-order valence-corrected chi connectivity index (χ4v) is 4.75. The molecule has 0 saturated carbocycles. The number of methoxy groups -OCH3 is 1. The number of aryl methyl sites for hydroxylation is 2. The van der Waals surface area contributed by atoms with E-state index in [0.29, 0.717) is 13.2 Å². The molecule has 40 heavy (non-hydrogen) atoms. The summed E-state index contributed by atoms with van der Waals surface area (Å²) in [4.78, 5) is 17.1. The maximum absolute atomic E-state index is 13.8. The lowest BCUT2D eigenvalue weighted by molar-refractivity contribution is 0.0949. The Labute approximate surface area is 235 Å². The molecule has 3 aromatic carbocycles. The highest BCUT2D eigenvalue weighted by atomic mass is 19.1. The number of carbonyl (C=O) groups is 1. The number of amides is 1. The van der Waals surface area contributed by atoms with Gasteiger partial charge in [0.15, 0.2) is 11.5 Å². The SMILES string of the molecule is C/C=C/c1ccc(OCCCCn2c(CCCCCNC(=O)c3ccccc3F)nc3ccccc32)c(OC)c1. The van der Waals surface area contributed by atoms with Crippen molar-refractivity contribution in [1.82, 2.24) is 14.9 Å². The molecule has 0 aliphatic carbocycles. The number of imidazole rings is 1. The number of halogens is 1. The van der Waals surface area contributed by atoms with Crippen LogP contribution >= 0.6 is 0 Å². The number of nitrogens with one attached hydrogen (secondary N) is 1. The number of nitrogens with zero attached hydrogens (tertiary/aromatic N) is 2. The third-order valence-electron chi connectivity index (χ3n) is 6.80. The van der Waals surface area contributed by atoms with E-state index in [0.717, 1.165) is 79.0 Å². The first-order valence-corrected chi connectivity index (χ1v) is 14.0. The Kier molecular flexibility index (Phi) is 10.7. The number of rotatable bonds is 15. The van der Waals surface area contributed by atoms with E-state index in [4.69, 9.17) is 14.5 Å². The van der Waals surface area contributed by atoms with Crippen molar-refractivity contribution in [3.8, 4) is 11.5 Å². The zero-order chi connectivity index (χ0) is 28.2. The van der Waals surface area contributed by atoms with Crippen molar-refractivity contribution in [2.75, 3.05) is 20.3 Å². The predicted octanol–water partition coefficient (Wildman–Crippen LogP) is 7.22. The van der Waals surface area contributed by atoms with Crippen molar-refractivity contribution < 1.29 is 18.7 Å². The molecule has 0 aliphatic heterocycles. The van der Waals surface area contributed by atoms with E-state index in [-0.39, 0.29) is 11.5 Å². The molecular formula is C33H38FN3O3. The van der Waals surface area contributed by atoms with Gasteiger partial charge in [-0.3, -0.25) is 4.79 Å². The molecule has 4 rings (SSSR count). The minimum Gasteiger partial charge on any atom is -0.493 e. The summed E-state index contributed by atoms with van der Waals surface area (Å²) in [7, 11) is 1.66. The fourth-order valence-electron chi connectivity index (χ4n) is 4.75. The normalized spacial score (nSPS) is 11.3. The van der Waals surface area contributed by atoms with E-state index in [9.17, 15) is 9.18 Å². The number of carbonyl (C=O) groups excluding carboxylic acids is 1. The molecule has 0 aliphatic rings. The summed E-state index contributed by atoms with van der Waals surface area (Å²) in [6, 6.07) is 20.3. The molecule has 0 bridgehead atoms. The lowest BCUT2D eigenvalue weighted by atomic mass is 10.1. The number of allylic oxidation sites excluding steroid dienone is 1. The van der Waals surface area contributed by atoms with Crippen molar-refractivity contribution in [3.05, 3.63) is 95.6 Å². The minimum atomic E-state index is -0.496. The van der Waals surface area contributed by atoms with Crippen LogP contribution in [0.15, 0.2) is 72.8 Å². The monoisotopic (exact) mass is 543 g/mol. The Balaban J connectivity index is 1.24. The van der Waals surface area contributed by atoms with Gasteiger partial charge in [0.05, 0.1) is 30.3 Å². The van der Waals surface area contributed by atoms with Crippen LogP contribution < -0.4 is 14.8 Å². The van der Waals surface area contributed by atoms with Gasteiger partial charge in [0, 0.05) is 19.5 Å². The zero-order valence-corrected chi connectivity index (χ0v) is 23.4. The van der Waals surface area contributed by atoms with E-state index in [1.807, 2.05) is 43.3 Å². The Bertz CT molecular complexity index is 1430. The molecule has 1 heterocycles. The van der Waals surface area contributed by atoms with Crippen LogP contribution in [-0.2, 0) is 13.0 Å². The van der Waals surface area contributed by atoms with Gasteiger partial charge in [-0.05, 0) is 74.6 Å². The number of unbranched alkanes of at least 4 members (excludes halogenated alkanes) is 3. The topological polar surface area (TPSA) is 65.4 Å². The average molecular weight is 544 g/mol. The van der Waals surface area contributed by atoms with Gasteiger partial charge in [0.2, 0.25) is 0 Å². The maximum Gasteiger partial charge on any atom is 0.254 e. The molecule has 0 saturated heterocycles. The summed E-state index contributed by atoms with van der Waals surface area (Å²) >= 11 is 0. The van der Waals surface area contributed by atoms with E-state index in [1.165, 1.54) is 12.1 Å². The third-order valence-corrected chi connectivity index (χ3v) is 6.80. The van der Waals surface area contributed by atoms with Gasteiger partial charge in [-0.15, -0.1) is 0 Å². The summed E-state index contributed by atoms with van der Waals surface area (Å²) in [5.41, 5.74) is 3.33. The van der Waals surface area contributed by atoms with Crippen LogP contribution in [0.5, 0.6) is 11.5 Å². The summed E-state index contributed by atoms with van der Waals surface area (Å²) in [5.74, 6) is 1.72. The smallest absolute Gasteiger partial charge is 0.254 e. The second kappa shape index (κ2) is 14.9. The van der Waals surface area contributed by atoms with Crippen LogP contribution in [-0.4, -0.2) is 35.7 Å². The molecule has 6 nitrogen and oxygen atoms in total. The Morgan fingerprint density at radius 1 is 0.975 bits per heavy atom. The van der Waals surface area contributed by atoms with Gasteiger partial charge in [0.1, 0.15) is 11.6 Å². The lowest BCUT2D eigenvalue weighted by Crippen LogP contribution is -2.25. The molecule has 7 heteroatoms. The molecule has 0 fully saturated rings. The largest absolute Gasteiger partial charge is 0.493 e. The quantitative estimate of drug-likeness (QED) is 0.161. The van der Waals surface area contributed by atoms with Crippen LogP contribution in [0.1, 0.15) is 60.8 Å². The molecule has 1 N–H and O–H groups in total. The number of fused-ring (bicyclic) bond motifs is 1. The molecular weight excluding hydrogens is 505 g/mol. The molecule has 1 aromatic heterocycles. The second-order valence-electron chi connectivity index (χ2n) is 9.68. The first kappa shape index (κ1) is 28.9. The third kappa shape index (κ3) is 7.72. The number of hydrogen-bond acceptors (Lipinski definition) is 4. The molecule has 0 spiro atoms. The van der Waals surface area contributed by atoms with Crippen molar-refractivity contribution in [2.45, 2.75) is 52.0 Å². The molecule has 4 aromatic rings. The molecule has 0 atom stereocenters. The Hall–Kier alpha value is -4.13. The van der Waals surface area contributed by atoms with Gasteiger partial charge < -0.3 is 19.4 Å². The summed E-state index contributed by atoms with van der Waals surface area (Å²) in [5, 5.41) is 2.82. The van der Waals surface area contributed by atoms with E-state index in [2.05, 4.69) is 28.1 Å². The second-order valence-corrected chi connectivity index (χ2v) is 9.68. The standard InChI is InChI=1S/C33H38FN3O3/c1-3-13-25-19-20-30(31(24-25)39-2)40-23-12-11-22-37-29-17-9-8-16-28(29)36-32(37)18-5-4-10-21-35-33(38)26-14-6-7-15-27(26)34/h3,6-9,13-17,19-20,24H,4-5,10-12,18,21-23H2,1-2H3,(H,35,38)/b13-3+. The summed E-state index contributed by atoms with van der Waals surface area (Å²) in [6.45, 7) is 3.99. The van der Waals surface area contributed by atoms with Gasteiger partial charge in [-0.1, -0.05) is 48.9 Å². The number of aromatic nitrogens is 2. The lowest BCUT2D eigenvalue weighted by Gasteiger charge is -2.12. The van der Waals surface area contributed by atoms with Crippen LogP contribution in [0.2, 0.25) is 0 Å². The van der Waals surface area contributed by atoms with Gasteiger partial charge in [-0.25, -0.2) is 9.37 Å². The van der Waals surface area contributed by atoms with Crippen molar-refractivity contribution in [1.29, 1.82) is 0 Å². The minimum absolute atomic E-state index is 0.0862. The Morgan fingerprint density at radius 2 is 1.80 bits per heavy atom. The average Bonchev–Trinajstić information content (AvgIpc) is 3.32. The highest BCUT2D eigenvalue weighted by molar-refractivity contribution is 5.94. The molecule has 1 amide bonds. The van der Waals surface area contributed by atoms with Gasteiger partial charge in [0.25, 0.3) is 5.91 Å². The van der Waals surface area contributed by atoms with Gasteiger partial charge >= 0.3 is 0 Å². The number of benzene rings is 3. The van der Waals surface area contributed by atoms with Crippen LogP contribution in [0.3, 0.4) is 0 Å². The Morgan fingerprint density at radius 3 is 2.62 bits per heavy atom. The maximum atomic E-state index is 13.8. The highest BCUT2D eigenvalue weighted by Crippen LogP contribution is 2.29. The summed E-state index contributed by atoms with van der Waals surface area (Å²) in [6.07, 6.45) is 9.51. The first-order chi connectivity index (χ1) is 19.6. The van der Waals surface area contributed by atoms with E-state index < -0.39 is 5.82 Å². The molecule has 0 unspecified atom stereocenters. The van der Waals surface area contributed by atoms with Crippen LogP contribution in [0, 0.1) is 5.82 Å². The van der Waals surface area contributed by atoms with Crippen molar-refractivity contribution in [2.24, 2.45) is 0 Å². The van der Waals surface area contributed by atoms with Crippen molar-refractivity contribution in [3.63, 3.8) is 0 Å². The summed E-state index contributed by atoms with van der Waals surface area (Å²) < 4.78 is 27.6. The van der Waals surface area contributed by atoms with Gasteiger partial charge in [-0.2, -0.15) is 0 Å². The molecule has 210 valence electrons. The number of ether oxygens (including phenoxy) is 2. The van der Waals surface area contributed by atoms with Crippen LogP contribution in [0.25, 0.3) is 17.1 Å². The fraction of sp³-hybridized carbons (Fsp3) is 0.333. The number of hydrogen-bond donors (Lipinski definition) is 1. The highest BCUT2D eigenvalue weighted by Gasteiger charge is 2.12. The van der Waals surface area contributed by atoms with Crippen molar-refractivity contribution >= 4 is 23.0 Å². The zero-order valence-electron chi connectivity index (χ0n) is 23.4. The van der Waals surface area contributed by atoms with E-state index in [1.54, 1.807) is 19.2 Å². The first-order valence-electron chi connectivity index (χ1n) is 14.0. The number of para-hydroxylation sites is 2. The van der Waals surface area contributed by atoms with E-state index >= 15 is 0 Å². The molecule has 0 radical (unpaired) electrons. The van der Waals surface area contributed by atoms with Crippen LogP contribution in [0.4, 0.5) is 4.39 Å².